The summed E-state index contributed by atoms with van der Waals surface area (Å²) in [6.07, 6.45) is 1.08. The minimum atomic E-state index is -0.145. The molecule has 0 radical (unpaired) electrons. The van der Waals surface area contributed by atoms with E-state index in [4.69, 9.17) is 9.47 Å². The maximum absolute atomic E-state index is 12.1. The van der Waals surface area contributed by atoms with Crippen molar-refractivity contribution in [1.29, 1.82) is 0 Å². The molecule has 2 heterocycles. The Bertz CT molecular complexity index is 702. The number of hydrogen-bond acceptors (Lipinski definition) is 6. The van der Waals surface area contributed by atoms with Crippen molar-refractivity contribution in [3.05, 3.63) is 29.3 Å². The molecule has 0 unspecified atom stereocenters. The number of nitrogens with zero attached hydrogens (tertiary/aromatic N) is 1. The van der Waals surface area contributed by atoms with Gasteiger partial charge in [0.2, 0.25) is 0 Å². The predicted octanol–water partition coefficient (Wildman–Crippen LogP) is 2.31. The lowest BCUT2D eigenvalue weighted by Crippen LogP contribution is -2.32. The zero-order chi connectivity index (χ0) is 16.8. The van der Waals surface area contributed by atoms with Crippen LogP contribution < -0.4 is 20.1 Å². The molecule has 3 rings (SSSR count). The van der Waals surface area contributed by atoms with Crippen LogP contribution in [-0.4, -0.2) is 43.7 Å². The first kappa shape index (κ1) is 16.7. The van der Waals surface area contributed by atoms with E-state index in [0.29, 0.717) is 25.5 Å². The summed E-state index contributed by atoms with van der Waals surface area (Å²) in [5.74, 6) is 1.33. The lowest BCUT2D eigenvalue weighted by atomic mass is 10.2. The van der Waals surface area contributed by atoms with Crippen molar-refractivity contribution in [2.45, 2.75) is 13.3 Å². The molecular formula is C17H21N3O3S. The van der Waals surface area contributed by atoms with Gasteiger partial charge in [0.05, 0.1) is 0 Å². The number of rotatable bonds is 7. The molecule has 7 heteroatoms. The summed E-state index contributed by atoms with van der Waals surface area (Å²) in [6.45, 7) is 5.55. The number of thiazole rings is 1. The molecule has 24 heavy (non-hydrogen) atoms. The highest BCUT2D eigenvalue weighted by molar-refractivity contribution is 7.13. The van der Waals surface area contributed by atoms with E-state index >= 15 is 0 Å². The fourth-order valence-corrected chi connectivity index (χ4v) is 3.14. The molecule has 1 amide bonds. The van der Waals surface area contributed by atoms with Crippen molar-refractivity contribution in [3.8, 4) is 22.1 Å². The Labute approximate surface area is 145 Å². The summed E-state index contributed by atoms with van der Waals surface area (Å²) in [4.78, 5) is 16.5. The van der Waals surface area contributed by atoms with Crippen LogP contribution in [0.2, 0.25) is 0 Å². The second-order valence-corrected chi connectivity index (χ2v) is 6.26. The third-order valence-electron chi connectivity index (χ3n) is 3.54. The Morgan fingerprint density at radius 2 is 2.04 bits per heavy atom. The lowest BCUT2D eigenvalue weighted by molar-refractivity contribution is 0.0949. The van der Waals surface area contributed by atoms with Crippen molar-refractivity contribution in [1.82, 2.24) is 15.6 Å². The number of amides is 1. The highest BCUT2D eigenvalue weighted by Crippen LogP contribution is 2.35. The van der Waals surface area contributed by atoms with Gasteiger partial charge in [0.1, 0.15) is 23.9 Å². The van der Waals surface area contributed by atoms with Gasteiger partial charge in [-0.15, -0.1) is 11.3 Å². The Morgan fingerprint density at radius 3 is 2.88 bits per heavy atom. The van der Waals surface area contributed by atoms with E-state index in [2.05, 4.69) is 22.5 Å². The van der Waals surface area contributed by atoms with Gasteiger partial charge in [-0.3, -0.25) is 4.79 Å². The first-order valence-electron chi connectivity index (χ1n) is 8.12. The molecule has 0 fully saturated rings. The molecule has 1 aliphatic heterocycles. The normalized spacial score (nSPS) is 12.9. The summed E-state index contributed by atoms with van der Waals surface area (Å²) < 4.78 is 11.1. The fraction of sp³-hybridized carbons (Fsp3) is 0.412. The monoisotopic (exact) mass is 347 g/mol. The van der Waals surface area contributed by atoms with E-state index in [-0.39, 0.29) is 5.91 Å². The van der Waals surface area contributed by atoms with E-state index in [9.17, 15) is 4.79 Å². The maximum Gasteiger partial charge on any atom is 0.270 e. The Kier molecular flexibility index (Phi) is 5.66. The minimum absolute atomic E-state index is 0.145. The molecule has 0 aliphatic carbocycles. The fourth-order valence-electron chi connectivity index (χ4n) is 2.34. The average molecular weight is 347 g/mol. The van der Waals surface area contributed by atoms with Gasteiger partial charge >= 0.3 is 0 Å². The van der Waals surface area contributed by atoms with Crippen LogP contribution >= 0.6 is 11.3 Å². The van der Waals surface area contributed by atoms with Crippen molar-refractivity contribution in [2.24, 2.45) is 0 Å². The van der Waals surface area contributed by atoms with Crippen molar-refractivity contribution in [3.63, 3.8) is 0 Å². The van der Waals surface area contributed by atoms with Gasteiger partial charge in [0.25, 0.3) is 5.91 Å². The zero-order valence-corrected chi connectivity index (χ0v) is 14.4. The van der Waals surface area contributed by atoms with Gasteiger partial charge in [-0.05, 0) is 31.2 Å². The van der Waals surface area contributed by atoms with E-state index in [1.165, 1.54) is 11.3 Å². The molecule has 0 bridgehead atoms. The molecule has 2 N–H and O–H groups in total. The van der Waals surface area contributed by atoms with Crippen LogP contribution in [0, 0.1) is 0 Å². The number of aromatic nitrogens is 1. The summed E-state index contributed by atoms with van der Waals surface area (Å²) in [5, 5.41) is 8.69. The molecule has 0 saturated heterocycles. The topological polar surface area (TPSA) is 72.5 Å². The number of ether oxygens (including phenoxy) is 2. The number of benzene rings is 1. The SMILES string of the molecule is CCCNCCNC(=O)c1csc(-c2ccc3c(c2)OCCO3)n1. The van der Waals surface area contributed by atoms with Gasteiger partial charge in [-0.1, -0.05) is 6.92 Å². The van der Waals surface area contributed by atoms with Gasteiger partial charge < -0.3 is 20.1 Å². The molecule has 128 valence electrons. The third-order valence-corrected chi connectivity index (χ3v) is 4.43. The number of carbonyl (C=O) groups is 1. The van der Waals surface area contributed by atoms with Crippen LogP contribution in [0.25, 0.3) is 10.6 Å². The van der Waals surface area contributed by atoms with Gasteiger partial charge in [0.15, 0.2) is 11.5 Å². The molecular weight excluding hydrogens is 326 g/mol. The summed E-state index contributed by atoms with van der Waals surface area (Å²) in [5.41, 5.74) is 1.37. The lowest BCUT2D eigenvalue weighted by Gasteiger charge is -2.18. The molecule has 0 spiro atoms. The highest BCUT2D eigenvalue weighted by Gasteiger charge is 2.15. The van der Waals surface area contributed by atoms with Crippen molar-refractivity contribution >= 4 is 17.2 Å². The van der Waals surface area contributed by atoms with E-state index in [1.807, 2.05) is 18.2 Å². The summed E-state index contributed by atoms with van der Waals surface area (Å²) in [6, 6.07) is 5.72. The van der Waals surface area contributed by atoms with Gasteiger partial charge in [0, 0.05) is 24.0 Å². The Hall–Kier alpha value is -2.12. The Balaban J connectivity index is 1.61. The van der Waals surface area contributed by atoms with Gasteiger partial charge in [-0.25, -0.2) is 4.98 Å². The average Bonchev–Trinajstić information content (AvgIpc) is 3.11. The zero-order valence-electron chi connectivity index (χ0n) is 13.6. The maximum atomic E-state index is 12.1. The van der Waals surface area contributed by atoms with Crippen molar-refractivity contribution < 1.29 is 14.3 Å². The second-order valence-electron chi connectivity index (χ2n) is 5.40. The smallest absolute Gasteiger partial charge is 0.270 e. The molecule has 2 aromatic rings. The number of carbonyl (C=O) groups excluding carboxylic acids is 1. The quantitative estimate of drug-likeness (QED) is 0.752. The molecule has 1 aromatic heterocycles. The van der Waals surface area contributed by atoms with Gasteiger partial charge in [-0.2, -0.15) is 0 Å². The largest absolute Gasteiger partial charge is 0.486 e. The van der Waals surface area contributed by atoms with Crippen LogP contribution in [0.4, 0.5) is 0 Å². The van der Waals surface area contributed by atoms with E-state index < -0.39 is 0 Å². The number of nitrogens with one attached hydrogen (secondary N) is 2. The van der Waals surface area contributed by atoms with E-state index in [0.717, 1.165) is 41.6 Å². The Morgan fingerprint density at radius 1 is 1.21 bits per heavy atom. The predicted molar refractivity (Wildman–Crippen MR) is 94.0 cm³/mol. The minimum Gasteiger partial charge on any atom is -0.486 e. The first-order chi connectivity index (χ1) is 11.8. The molecule has 6 nitrogen and oxygen atoms in total. The van der Waals surface area contributed by atoms with E-state index in [1.54, 1.807) is 5.38 Å². The number of hydrogen-bond donors (Lipinski definition) is 2. The second kappa shape index (κ2) is 8.12. The molecule has 0 saturated carbocycles. The third kappa shape index (κ3) is 4.04. The van der Waals surface area contributed by atoms with Crippen LogP contribution in [-0.2, 0) is 0 Å². The van der Waals surface area contributed by atoms with Crippen LogP contribution in [0.5, 0.6) is 11.5 Å². The molecule has 0 atom stereocenters. The molecule has 1 aliphatic rings. The van der Waals surface area contributed by atoms with Crippen molar-refractivity contribution in [2.75, 3.05) is 32.8 Å². The number of fused-ring (bicyclic) bond motifs is 1. The van der Waals surface area contributed by atoms with Crippen LogP contribution in [0.15, 0.2) is 23.6 Å². The standard InChI is InChI=1S/C17H21N3O3S/c1-2-5-18-6-7-19-16(21)13-11-24-17(20-13)12-3-4-14-15(10-12)23-9-8-22-14/h3-4,10-11,18H,2,5-9H2,1H3,(H,19,21). The first-order valence-corrected chi connectivity index (χ1v) is 9.00. The molecule has 1 aromatic carbocycles. The van der Waals surface area contributed by atoms with Crippen LogP contribution in [0.3, 0.4) is 0 Å². The summed E-state index contributed by atoms with van der Waals surface area (Å²) in [7, 11) is 0. The highest BCUT2D eigenvalue weighted by atomic mass is 32.1. The summed E-state index contributed by atoms with van der Waals surface area (Å²) >= 11 is 1.45. The van der Waals surface area contributed by atoms with Crippen LogP contribution in [0.1, 0.15) is 23.8 Å².